The van der Waals surface area contributed by atoms with Gasteiger partial charge in [0.15, 0.2) is 0 Å². The molecule has 0 spiro atoms. The fourth-order valence-corrected chi connectivity index (χ4v) is 2.55. The van der Waals surface area contributed by atoms with Gasteiger partial charge in [0.2, 0.25) is 0 Å². The SMILES string of the molecule is Cc1ccc(Cl)cc1OCC1CCC(CNC(C)(C)C)O1. The first-order chi connectivity index (χ1) is 9.83. The maximum atomic E-state index is 6.03. The summed E-state index contributed by atoms with van der Waals surface area (Å²) in [5, 5.41) is 4.20. The molecule has 1 N–H and O–H groups in total. The van der Waals surface area contributed by atoms with E-state index in [0.29, 0.717) is 17.7 Å². The summed E-state index contributed by atoms with van der Waals surface area (Å²) < 4.78 is 11.9. The average molecular weight is 312 g/mol. The second kappa shape index (κ2) is 6.99. The molecule has 3 nitrogen and oxygen atoms in total. The number of ether oxygens (including phenoxy) is 2. The summed E-state index contributed by atoms with van der Waals surface area (Å²) in [6.07, 6.45) is 2.61. The lowest BCUT2D eigenvalue weighted by Crippen LogP contribution is -2.41. The molecule has 1 aromatic carbocycles. The Labute approximate surface area is 133 Å². The maximum absolute atomic E-state index is 6.03. The monoisotopic (exact) mass is 311 g/mol. The van der Waals surface area contributed by atoms with Gasteiger partial charge >= 0.3 is 0 Å². The fourth-order valence-electron chi connectivity index (χ4n) is 2.39. The number of halogens is 1. The van der Waals surface area contributed by atoms with Crippen LogP contribution in [0.25, 0.3) is 0 Å². The van der Waals surface area contributed by atoms with E-state index in [0.717, 1.165) is 30.7 Å². The Bertz CT molecular complexity index is 470. The van der Waals surface area contributed by atoms with Crippen LogP contribution in [0.5, 0.6) is 5.75 Å². The molecule has 1 aliphatic heterocycles. The Balaban J connectivity index is 1.76. The minimum Gasteiger partial charge on any atom is -0.491 e. The van der Waals surface area contributed by atoms with Gasteiger partial charge in [-0.2, -0.15) is 0 Å². The smallest absolute Gasteiger partial charge is 0.123 e. The molecule has 118 valence electrons. The Morgan fingerprint density at radius 3 is 2.71 bits per heavy atom. The van der Waals surface area contributed by atoms with Crippen molar-refractivity contribution in [2.75, 3.05) is 13.2 Å². The highest BCUT2D eigenvalue weighted by Crippen LogP contribution is 2.25. The summed E-state index contributed by atoms with van der Waals surface area (Å²) in [7, 11) is 0. The lowest BCUT2D eigenvalue weighted by Gasteiger charge is -2.23. The third-order valence-electron chi connectivity index (χ3n) is 3.63. The van der Waals surface area contributed by atoms with E-state index in [-0.39, 0.29) is 11.6 Å². The second-order valence-corrected chi connectivity index (χ2v) is 7.25. The van der Waals surface area contributed by atoms with Gasteiger partial charge in [0.05, 0.1) is 12.2 Å². The van der Waals surface area contributed by atoms with E-state index >= 15 is 0 Å². The Kier molecular flexibility index (Phi) is 5.53. The van der Waals surface area contributed by atoms with Gasteiger partial charge in [-0.25, -0.2) is 0 Å². The number of rotatable bonds is 5. The van der Waals surface area contributed by atoms with Crippen LogP contribution >= 0.6 is 11.6 Å². The molecule has 0 radical (unpaired) electrons. The van der Waals surface area contributed by atoms with Crippen LogP contribution in [0, 0.1) is 6.92 Å². The highest BCUT2D eigenvalue weighted by Gasteiger charge is 2.26. The van der Waals surface area contributed by atoms with Gasteiger partial charge in [0.1, 0.15) is 12.4 Å². The molecule has 4 heteroatoms. The van der Waals surface area contributed by atoms with Crippen molar-refractivity contribution in [3.63, 3.8) is 0 Å². The summed E-state index contributed by atoms with van der Waals surface area (Å²) in [4.78, 5) is 0. The molecule has 0 aliphatic carbocycles. The van der Waals surface area contributed by atoms with Crippen molar-refractivity contribution in [3.05, 3.63) is 28.8 Å². The highest BCUT2D eigenvalue weighted by molar-refractivity contribution is 6.30. The summed E-state index contributed by atoms with van der Waals surface area (Å²) in [5.41, 5.74) is 1.24. The van der Waals surface area contributed by atoms with Crippen molar-refractivity contribution < 1.29 is 9.47 Å². The molecule has 1 heterocycles. The first kappa shape index (κ1) is 16.6. The molecule has 0 amide bonds. The third kappa shape index (κ3) is 5.50. The molecule has 0 aromatic heterocycles. The lowest BCUT2D eigenvalue weighted by molar-refractivity contribution is 0.0161. The van der Waals surface area contributed by atoms with Gasteiger partial charge < -0.3 is 14.8 Å². The van der Waals surface area contributed by atoms with Gasteiger partial charge in [-0.15, -0.1) is 0 Å². The highest BCUT2D eigenvalue weighted by atomic mass is 35.5. The summed E-state index contributed by atoms with van der Waals surface area (Å²) in [6, 6.07) is 5.72. The fraction of sp³-hybridized carbons (Fsp3) is 0.647. The van der Waals surface area contributed by atoms with Crippen LogP contribution in [-0.4, -0.2) is 30.9 Å². The molecule has 1 aliphatic rings. The van der Waals surface area contributed by atoms with E-state index in [9.17, 15) is 0 Å². The topological polar surface area (TPSA) is 30.5 Å². The van der Waals surface area contributed by atoms with E-state index in [1.807, 2.05) is 25.1 Å². The van der Waals surface area contributed by atoms with E-state index in [4.69, 9.17) is 21.1 Å². The van der Waals surface area contributed by atoms with Crippen molar-refractivity contribution in [2.45, 2.75) is 58.3 Å². The quantitative estimate of drug-likeness (QED) is 0.892. The molecular formula is C17H26ClNO2. The molecule has 2 rings (SSSR count). The molecule has 2 unspecified atom stereocenters. The van der Waals surface area contributed by atoms with E-state index in [1.165, 1.54) is 0 Å². The van der Waals surface area contributed by atoms with Crippen molar-refractivity contribution in [3.8, 4) is 5.75 Å². The Morgan fingerprint density at radius 1 is 1.29 bits per heavy atom. The van der Waals surface area contributed by atoms with Crippen molar-refractivity contribution in [1.82, 2.24) is 5.32 Å². The van der Waals surface area contributed by atoms with Crippen LogP contribution in [0.2, 0.25) is 5.02 Å². The van der Waals surface area contributed by atoms with E-state index in [1.54, 1.807) is 0 Å². The molecule has 1 aromatic rings. The Morgan fingerprint density at radius 2 is 2.00 bits per heavy atom. The summed E-state index contributed by atoms with van der Waals surface area (Å²) >= 11 is 6.00. The van der Waals surface area contributed by atoms with Gasteiger partial charge in [-0.1, -0.05) is 17.7 Å². The number of hydrogen-bond donors (Lipinski definition) is 1. The minimum atomic E-state index is 0.135. The van der Waals surface area contributed by atoms with Crippen LogP contribution in [-0.2, 0) is 4.74 Å². The molecule has 0 saturated carbocycles. The molecule has 0 bridgehead atoms. The van der Waals surface area contributed by atoms with Crippen LogP contribution in [0.15, 0.2) is 18.2 Å². The van der Waals surface area contributed by atoms with E-state index in [2.05, 4.69) is 26.1 Å². The number of nitrogens with one attached hydrogen (secondary N) is 1. The standard InChI is InChI=1S/C17H26ClNO2/c1-12-5-6-13(18)9-16(12)20-11-15-8-7-14(21-15)10-19-17(2,3)4/h5-6,9,14-15,19H,7-8,10-11H2,1-4H3. The van der Waals surface area contributed by atoms with Crippen LogP contribution in [0.3, 0.4) is 0 Å². The zero-order valence-corrected chi connectivity index (χ0v) is 14.2. The minimum absolute atomic E-state index is 0.135. The molecule has 2 atom stereocenters. The van der Waals surface area contributed by atoms with Gasteiger partial charge in [0, 0.05) is 17.1 Å². The van der Waals surface area contributed by atoms with Gasteiger partial charge in [-0.3, -0.25) is 0 Å². The van der Waals surface area contributed by atoms with Crippen molar-refractivity contribution in [2.24, 2.45) is 0 Å². The molecule has 1 saturated heterocycles. The number of aryl methyl sites for hydroxylation is 1. The second-order valence-electron chi connectivity index (χ2n) is 6.81. The molecule has 21 heavy (non-hydrogen) atoms. The lowest BCUT2D eigenvalue weighted by atomic mass is 10.1. The normalized spacial score (nSPS) is 22.5. The maximum Gasteiger partial charge on any atom is 0.123 e. The van der Waals surface area contributed by atoms with Crippen molar-refractivity contribution >= 4 is 11.6 Å². The summed E-state index contributed by atoms with van der Waals surface area (Å²) in [5.74, 6) is 0.849. The molecular weight excluding hydrogens is 286 g/mol. The number of benzene rings is 1. The predicted molar refractivity (Wildman–Crippen MR) is 87.3 cm³/mol. The van der Waals surface area contributed by atoms with Crippen LogP contribution in [0.4, 0.5) is 0 Å². The summed E-state index contributed by atoms with van der Waals surface area (Å²) in [6.45, 7) is 10.0. The Hall–Kier alpha value is -0.770. The van der Waals surface area contributed by atoms with Gasteiger partial charge in [0.25, 0.3) is 0 Å². The molecule has 1 fully saturated rings. The largest absolute Gasteiger partial charge is 0.491 e. The predicted octanol–water partition coefficient (Wildman–Crippen LogP) is 3.96. The van der Waals surface area contributed by atoms with Crippen LogP contribution in [0.1, 0.15) is 39.2 Å². The van der Waals surface area contributed by atoms with Crippen LogP contribution < -0.4 is 10.1 Å². The van der Waals surface area contributed by atoms with E-state index < -0.39 is 0 Å². The number of hydrogen-bond acceptors (Lipinski definition) is 3. The zero-order valence-electron chi connectivity index (χ0n) is 13.4. The third-order valence-corrected chi connectivity index (χ3v) is 3.87. The average Bonchev–Trinajstić information content (AvgIpc) is 2.85. The first-order valence-corrected chi connectivity index (χ1v) is 8.01. The van der Waals surface area contributed by atoms with Gasteiger partial charge in [-0.05, 0) is 58.2 Å². The van der Waals surface area contributed by atoms with Crippen molar-refractivity contribution in [1.29, 1.82) is 0 Å². The zero-order chi connectivity index (χ0) is 15.5. The first-order valence-electron chi connectivity index (χ1n) is 7.63.